The maximum atomic E-state index is 12.9. The molecule has 5 rings (SSSR count). The SMILES string of the molecule is CC[C@@H]1C2C[C@H](O)CCC2(C)[C@H]2CCC3(C)C([C@H](C)CCC(=O)NS(=O)(=O)c4ccc(C(F)(F)F)cc4)CC[C@H]3[C@@H]2[C@@H]1O. The van der Waals surface area contributed by atoms with Gasteiger partial charge in [-0.25, -0.2) is 13.1 Å². The Kier molecular flexibility index (Phi) is 8.84. The van der Waals surface area contributed by atoms with Crippen molar-refractivity contribution in [2.24, 2.45) is 52.3 Å². The third kappa shape index (κ3) is 5.78. The summed E-state index contributed by atoms with van der Waals surface area (Å²) in [6.07, 6.45) is 3.00. The molecular weight excluding hydrogens is 579 g/mol. The first kappa shape index (κ1) is 32.7. The van der Waals surface area contributed by atoms with Crippen LogP contribution in [-0.2, 0) is 21.0 Å². The van der Waals surface area contributed by atoms with Crippen LogP contribution in [0.2, 0.25) is 0 Å². The van der Waals surface area contributed by atoms with Crippen molar-refractivity contribution in [1.29, 1.82) is 0 Å². The van der Waals surface area contributed by atoms with Gasteiger partial charge in [-0.2, -0.15) is 13.2 Å². The quantitative estimate of drug-likeness (QED) is 0.318. The second-order valence-electron chi connectivity index (χ2n) is 14.7. The van der Waals surface area contributed by atoms with Gasteiger partial charge >= 0.3 is 6.18 Å². The van der Waals surface area contributed by atoms with E-state index in [-0.39, 0.29) is 52.1 Å². The van der Waals surface area contributed by atoms with Crippen LogP contribution in [0.5, 0.6) is 0 Å². The van der Waals surface area contributed by atoms with Gasteiger partial charge in [0.1, 0.15) is 0 Å². The Morgan fingerprint density at radius 3 is 2.26 bits per heavy atom. The van der Waals surface area contributed by atoms with Crippen LogP contribution >= 0.6 is 0 Å². The Hall–Kier alpha value is -1.65. The van der Waals surface area contributed by atoms with Gasteiger partial charge in [-0.3, -0.25) is 4.79 Å². The predicted octanol–water partition coefficient (Wildman–Crippen LogP) is 6.55. The summed E-state index contributed by atoms with van der Waals surface area (Å²) >= 11 is 0. The van der Waals surface area contributed by atoms with Crippen molar-refractivity contribution in [3.05, 3.63) is 29.8 Å². The van der Waals surface area contributed by atoms with E-state index in [0.717, 1.165) is 63.5 Å². The molecule has 4 unspecified atom stereocenters. The first-order chi connectivity index (χ1) is 20.0. The smallest absolute Gasteiger partial charge is 0.393 e. The summed E-state index contributed by atoms with van der Waals surface area (Å²) in [6, 6.07) is 3.10. The topological polar surface area (TPSA) is 104 Å². The van der Waals surface area contributed by atoms with Crippen LogP contribution in [0, 0.1) is 52.3 Å². The molecule has 4 aliphatic rings. The molecule has 10 heteroatoms. The number of alkyl halides is 3. The largest absolute Gasteiger partial charge is 0.416 e. The van der Waals surface area contributed by atoms with Crippen molar-refractivity contribution in [2.45, 2.75) is 115 Å². The minimum atomic E-state index is -4.58. The monoisotopic (exact) mass is 627 g/mol. The number of amides is 1. The Morgan fingerprint density at radius 1 is 1.00 bits per heavy atom. The summed E-state index contributed by atoms with van der Waals surface area (Å²) in [4.78, 5) is 12.3. The van der Waals surface area contributed by atoms with Crippen molar-refractivity contribution >= 4 is 15.9 Å². The van der Waals surface area contributed by atoms with E-state index in [2.05, 4.69) is 27.7 Å². The number of halogens is 3. The average molecular weight is 628 g/mol. The highest BCUT2D eigenvalue weighted by atomic mass is 32.2. The Morgan fingerprint density at radius 2 is 1.63 bits per heavy atom. The van der Waals surface area contributed by atoms with E-state index in [1.54, 1.807) is 0 Å². The number of rotatable bonds is 7. The van der Waals surface area contributed by atoms with Gasteiger partial charge in [0.15, 0.2) is 0 Å². The minimum Gasteiger partial charge on any atom is -0.393 e. The van der Waals surface area contributed by atoms with E-state index in [1.807, 2.05) is 4.72 Å². The van der Waals surface area contributed by atoms with Gasteiger partial charge in [0.25, 0.3) is 10.0 Å². The fourth-order valence-electron chi connectivity index (χ4n) is 10.6. The number of carbonyl (C=O) groups excluding carboxylic acids is 1. The molecule has 0 aromatic heterocycles. The average Bonchev–Trinajstić information content (AvgIpc) is 3.29. The summed E-state index contributed by atoms with van der Waals surface area (Å²) in [5.41, 5.74) is -0.799. The number of fused-ring (bicyclic) bond motifs is 5. The zero-order chi connectivity index (χ0) is 31.5. The molecule has 0 bridgehead atoms. The number of nitrogens with one attached hydrogen (secondary N) is 1. The van der Waals surface area contributed by atoms with E-state index in [4.69, 9.17) is 0 Å². The molecule has 1 aromatic carbocycles. The highest BCUT2D eigenvalue weighted by Crippen LogP contribution is 2.69. The van der Waals surface area contributed by atoms with E-state index in [1.165, 1.54) is 0 Å². The second-order valence-corrected chi connectivity index (χ2v) is 16.4. The van der Waals surface area contributed by atoms with Gasteiger partial charge in [-0.1, -0.05) is 34.1 Å². The number of sulfonamides is 1. The van der Waals surface area contributed by atoms with Crippen LogP contribution in [0.4, 0.5) is 13.2 Å². The molecule has 43 heavy (non-hydrogen) atoms. The molecule has 0 spiro atoms. The zero-order valence-corrected chi connectivity index (χ0v) is 26.6. The van der Waals surface area contributed by atoms with Gasteiger partial charge < -0.3 is 10.2 Å². The second kappa shape index (κ2) is 11.6. The van der Waals surface area contributed by atoms with Crippen molar-refractivity contribution in [2.75, 3.05) is 0 Å². The highest BCUT2D eigenvalue weighted by molar-refractivity contribution is 7.90. The van der Waals surface area contributed by atoms with Crippen LogP contribution in [-0.4, -0.2) is 36.7 Å². The normalized spacial score (nSPS) is 40.2. The van der Waals surface area contributed by atoms with Crippen LogP contribution in [0.25, 0.3) is 0 Å². The van der Waals surface area contributed by atoms with Crippen LogP contribution < -0.4 is 4.72 Å². The number of hydrogen-bond donors (Lipinski definition) is 3. The number of aliphatic hydroxyl groups excluding tert-OH is 2. The Bertz CT molecular complexity index is 1290. The molecule has 0 saturated heterocycles. The van der Waals surface area contributed by atoms with E-state index in [0.29, 0.717) is 42.2 Å². The fraction of sp³-hybridized carbons (Fsp3) is 0.788. The first-order valence-corrected chi connectivity index (χ1v) is 17.6. The molecule has 4 fully saturated rings. The predicted molar refractivity (Wildman–Crippen MR) is 157 cm³/mol. The molecule has 4 aliphatic carbocycles. The van der Waals surface area contributed by atoms with Gasteiger partial charge in [-0.15, -0.1) is 0 Å². The summed E-state index contributed by atoms with van der Waals surface area (Å²) in [5, 5.41) is 22.4. The van der Waals surface area contributed by atoms with Crippen LogP contribution in [0.15, 0.2) is 29.2 Å². The maximum Gasteiger partial charge on any atom is 0.416 e. The summed E-state index contributed by atoms with van der Waals surface area (Å²) in [5.74, 6) is 1.45. The van der Waals surface area contributed by atoms with Crippen molar-refractivity contribution in [3.63, 3.8) is 0 Å². The molecule has 11 atom stereocenters. The summed E-state index contributed by atoms with van der Waals surface area (Å²) < 4.78 is 65.9. The molecule has 3 N–H and O–H groups in total. The molecule has 242 valence electrons. The lowest BCUT2D eigenvalue weighted by molar-refractivity contribution is -0.203. The van der Waals surface area contributed by atoms with Gasteiger partial charge in [0.2, 0.25) is 5.91 Å². The molecule has 0 radical (unpaired) electrons. The lowest BCUT2D eigenvalue weighted by Crippen LogP contribution is -2.62. The van der Waals surface area contributed by atoms with Crippen LogP contribution in [0.1, 0.15) is 97.5 Å². The molecule has 0 aliphatic heterocycles. The van der Waals surface area contributed by atoms with Crippen molar-refractivity contribution < 1.29 is 36.6 Å². The van der Waals surface area contributed by atoms with E-state index < -0.39 is 27.7 Å². The number of hydrogen-bond acceptors (Lipinski definition) is 5. The van der Waals surface area contributed by atoms with E-state index in [9.17, 15) is 36.6 Å². The number of aliphatic hydroxyl groups is 2. The number of benzene rings is 1. The first-order valence-electron chi connectivity index (χ1n) is 16.1. The molecule has 0 heterocycles. The van der Waals surface area contributed by atoms with Gasteiger partial charge in [0.05, 0.1) is 22.7 Å². The van der Waals surface area contributed by atoms with Crippen LogP contribution in [0.3, 0.4) is 0 Å². The molecule has 1 aromatic rings. The maximum absolute atomic E-state index is 12.9. The molecule has 4 saturated carbocycles. The van der Waals surface area contributed by atoms with Crippen molar-refractivity contribution in [1.82, 2.24) is 4.72 Å². The summed E-state index contributed by atoms with van der Waals surface area (Å²) in [6.45, 7) is 9.09. The van der Waals surface area contributed by atoms with E-state index >= 15 is 0 Å². The van der Waals surface area contributed by atoms with Crippen molar-refractivity contribution in [3.8, 4) is 0 Å². The van der Waals surface area contributed by atoms with Gasteiger partial charge in [-0.05, 0) is 128 Å². The lowest BCUT2D eigenvalue weighted by atomic mass is 9.41. The Balaban J connectivity index is 1.24. The lowest BCUT2D eigenvalue weighted by Gasteiger charge is -2.64. The number of carbonyl (C=O) groups is 1. The fourth-order valence-corrected chi connectivity index (χ4v) is 11.6. The third-order valence-corrected chi connectivity index (χ3v) is 14.1. The zero-order valence-electron chi connectivity index (χ0n) is 25.7. The molecule has 6 nitrogen and oxygen atoms in total. The highest BCUT2D eigenvalue weighted by Gasteiger charge is 2.64. The molecular formula is C33H48F3NO5S. The van der Waals surface area contributed by atoms with Gasteiger partial charge in [0, 0.05) is 6.42 Å². The minimum absolute atomic E-state index is 0.00689. The standard InChI is InChI=1S/C33H48F3NO5S/c1-5-23-27-18-21(38)14-16-32(27,4)26-15-17-31(3)24(11-12-25(31)29(26)30(23)40)19(2)6-13-28(39)37-43(41,42)22-9-7-20(8-10-22)33(34,35)36/h7-10,19,21,23-27,29-30,38,40H,5-6,11-18H2,1-4H3,(H,37,39)/t19-,21-,23-,24?,25+,26+,27?,29+,30-,31?,32?/m1/s1. The third-order valence-electron chi connectivity index (χ3n) is 12.7. The molecule has 1 amide bonds. The Labute approximate surface area is 254 Å². The summed E-state index contributed by atoms with van der Waals surface area (Å²) in [7, 11) is -4.28.